The summed E-state index contributed by atoms with van der Waals surface area (Å²) in [4.78, 5) is 26.9. The Balaban J connectivity index is 2.18. The van der Waals surface area contributed by atoms with Crippen molar-refractivity contribution in [2.45, 2.75) is 18.9 Å². The third-order valence-electron chi connectivity index (χ3n) is 4.18. The van der Waals surface area contributed by atoms with Crippen LogP contribution in [0.15, 0.2) is 48.6 Å². The summed E-state index contributed by atoms with van der Waals surface area (Å²) in [6.07, 6.45) is 4.12. The molecule has 4 heteroatoms. The van der Waals surface area contributed by atoms with Gasteiger partial charge >= 0.3 is 5.97 Å². The van der Waals surface area contributed by atoms with Crippen molar-refractivity contribution in [3.05, 3.63) is 59.7 Å². The molecule has 2 heterocycles. The Labute approximate surface area is 123 Å². The smallest absolute Gasteiger partial charge is 0.337 e. The van der Waals surface area contributed by atoms with E-state index in [2.05, 4.69) is 6.58 Å². The summed E-state index contributed by atoms with van der Waals surface area (Å²) in [6.45, 7) is 6.21. The second-order valence-corrected chi connectivity index (χ2v) is 5.20. The number of esters is 1. The summed E-state index contributed by atoms with van der Waals surface area (Å²) in [7, 11) is 0. The third-order valence-corrected chi connectivity index (χ3v) is 4.18. The molecule has 108 valence electrons. The second-order valence-electron chi connectivity index (χ2n) is 5.20. The van der Waals surface area contributed by atoms with Gasteiger partial charge in [0.05, 0.1) is 6.61 Å². The van der Waals surface area contributed by atoms with Crippen LogP contribution in [0.25, 0.3) is 0 Å². The van der Waals surface area contributed by atoms with E-state index in [-0.39, 0.29) is 11.9 Å². The quantitative estimate of drug-likeness (QED) is 0.800. The van der Waals surface area contributed by atoms with Gasteiger partial charge in [0.25, 0.3) is 5.91 Å². The molecule has 0 aromatic heterocycles. The molecule has 2 aliphatic heterocycles. The molecule has 4 nitrogen and oxygen atoms in total. The molecular formula is C17H17NO3. The summed E-state index contributed by atoms with van der Waals surface area (Å²) in [5, 5.41) is 0. The van der Waals surface area contributed by atoms with Gasteiger partial charge < -0.3 is 9.64 Å². The number of carbonyl (C=O) groups is 2. The Morgan fingerprint density at radius 1 is 1.48 bits per heavy atom. The Bertz CT molecular complexity index is 662. The van der Waals surface area contributed by atoms with E-state index in [9.17, 15) is 9.59 Å². The molecule has 0 fully saturated rings. The van der Waals surface area contributed by atoms with E-state index in [1.54, 1.807) is 24.0 Å². The molecule has 1 atom stereocenters. The number of fused-ring (bicyclic) bond motifs is 3. The summed E-state index contributed by atoms with van der Waals surface area (Å²) in [5.41, 5.74) is 1.27. The van der Waals surface area contributed by atoms with E-state index in [0.717, 1.165) is 11.1 Å². The van der Waals surface area contributed by atoms with Gasteiger partial charge in [0.1, 0.15) is 0 Å². The van der Waals surface area contributed by atoms with E-state index in [1.165, 1.54) is 0 Å². The second kappa shape index (κ2) is 4.88. The van der Waals surface area contributed by atoms with E-state index < -0.39 is 5.54 Å². The highest BCUT2D eigenvalue weighted by Crippen LogP contribution is 2.45. The van der Waals surface area contributed by atoms with Crippen molar-refractivity contribution >= 4 is 11.9 Å². The van der Waals surface area contributed by atoms with Crippen LogP contribution in [0.5, 0.6) is 0 Å². The van der Waals surface area contributed by atoms with Crippen LogP contribution in [-0.4, -0.2) is 29.9 Å². The van der Waals surface area contributed by atoms with E-state index in [4.69, 9.17) is 4.74 Å². The molecule has 1 aromatic carbocycles. The molecule has 1 aromatic rings. The Kier molecular flexibility index (Phi) is 3.16. The molecule has 21 heavy (non-hydrogen) atoms. The van der Waals surface area contributed by atoms with E-state index >= 15 is 0 Å². The normalized spacial score (nSPS) is 23.2. The molecule has 0 saturated heterocycles. The fourth-order valence-corrected chi connectivity index (χ4v) is 3.15. The predicted octanol–water partition coefficient (Wildman–Crippen LogP) is 2.42. The average Bonchev–Trinajstić information content (AvgIpc) is 2.78. The van der Waals surface area contributed by atoms with Crippen LogP contribution in [0.4, 0.5) is 0 Å². The highest BCUT2D eigenvalue weighted by Gasteiger charge is 2.56. The van der Waals surface area contributed by atoms with E-state index in [0.29, 0.717) is 25.1 Å². The zero-order chi connectivity index (χ0) is 15.0. The highest BCUT2D eigenvalue weighted by atomic mass is 16.5. The molecule has 0 saturated carbocycles. The number of nitrogens with zero attached hydrogens (tertiary/aromatic N) is 1. The van der Waals surface area contributed by atoms with Gasteiger partial charge in [-0.15, -0.1) is 0 Å². The van der Waals surface area contributed by atoms with Gasteiger partial charge in [0.2, 0.25) is 0 Å². The summed E-state index contributed by atoms with van der Waals surface area (Å²) >= 11 is 0. The maximum atomic E-state index is 12.7. The van der Waals surface area contributed by atoms with Crippen LogP contribution < -0.4 is 0 Å². The fourth-order valence-electron chi connectivity index (χ4n) is 3.15. The maximum absolute atomic E-state index is 12.7. The Hall–Kier alpha value is -2.36. The van der Waals surface area contributed by atoms with Gasteiger partial charge in [0, 0.05) is 24.1 Å². The van der Waals surface area contributed by atoms with Crippen LogP contribution in [0.1, 0.15) is 29.3 Å². The van der Waals surface area contributed by atoms with Gasteiger partial charge in [-0.05, 0) is 18.6 Å². The first kappa shape index (κ1) is 13.6. The molecule has 1 amide bonds. The minimum absolute atomic E-state index is 0.119. The summed E-state index contributed by atoms with van der Waals surface area (Å²) in [5.74, 6) is -0.478. The first-order valence-corrected chi connectivity index (χ1v) is 7.05. The fraction of sp³-hybridized carbons (Fsp3) is 0.294. The molecule has 0 radical (unpaired) electrons. The lowest BCUT2D eigenvalue weighted by Gasteiger charge is -2.39. The summed E-state index contributed by atoms with van der Waals surface area (Å²) < 4.78 is 5.27. The molecule has 0 N–H and O–H groups in total. The molecule has 0 bridgehead atoms. The number of hydrogen-bond donors (Lipinski definition) is 0. The topological polar surface area (TPSA) is 46.6 Å². The number of rotatable bonds is 3. The number of amides is 1. The van der Waals surface area contributed by atoms with E-state index in [1.807, 2.05) is 24.3 Å². The van der Waals surface area contributed by atoms with Gasteiger partial charge in [-0.2, -0.15) is 0 Å². The number of ether oxygens (including phenoxy) is 1. The zero-order valence-electron chi connectivity index (χ0n) is 12.0. The lowest BCUT2D eigenvalue weighted by atomic mass is 9.83. The standard InChI is InChI=1S/C17H17NO3/c1-3-12-9-10-17(16(20)21-4-2)14-8-6-5-7-13(14)15(19)18(17)11-12/h3,5-9H,1,4,10-11H2,2H3. The number of hydrogen-bond acceptors (Lipinski definition) is 3. The minimum Gasteiger partial charge on any atom is -0.464 e. The lowest BCUT2D eigenvalue weighted by molar-refractivity contribution is -0.156. The van der Waals surface area contributed by atoms with Crippen molar-refractivity contribution in [2.24, 2.45) is 0 Å². The maximum Gasteiger partial charge on any atom is 0.337 e. The monoisotopic (exact) mass is 283 g/mol. The SMILES string of the molecule is C=CC1=CCC2(C(=O)OCC)c3ccccc3C(=O)N2C1. The Morgan fingerprint density at radius 2 is 2.24 bits per heavy atom. The zero-order valence-corrected chi connectivity index (χ0v) is 12.0. The van der Waals surface area contributed by atoms with Crippen molar-refractivity contribution in [2.75, 3.05) is 13.2 Å². The molecule has 1 unspecified atom stereocenters. The van der Waals surface area contributed by atoms with Crippen LogP contribution in [0.3, 0.4) is 0 Å². The first-order chi connectivity index (χ1) is 10.1. The van der Waals surface area contributed by atoms with Crippen molar-refractivity contribution < 1.29 is 14.3 Å². The first-order valence-electron chi connectivity index (χ1n) is 7.05. The van der Waals surface area contributed by atoms with Gasteiger partial charge in [-0.3, -0.25) is 4.79 Å². The molecular weight excluding hydrogens is 266 g/mol. The van der Waals surface area contributed by atoms with Crippen LogP contribution in [-0.2, 0) is 15.1 Å². The Morgan fingerprint density at radius 3 is 2.95 bits per heavy atom. The van der Waals surface area contributed by atoms with Crippen molar-refractivity contribution in [3.8, 4) is 0 Å². The molecule has 3 rings (SSSR count). The highest BCUT2D eigenvalue weighted by molar-refractivity contribution is 6.06. The molecule has 0 spiro atoms. The third kappa shape index (κ3) is 1.75. The van der Waals surface area contributed by atoms with Crippen LogP contribution >= 0.6 is 0 Å². The van der Waals surface area contributed by atoms with Gasteiger partial charge in [-0.25, -0.2) is 4.79 Å². The molecule has 0 aliphatic carbocycles. The predicted molar refractivity (Wildman–Crippen MR) is 78.7 cm³/mol. The molecule has 2 aliphatic rings. The average molecular weight is 283 g/mol. The van der Waals surface area contributed by atoms with Crippen LogP contribution in [0.2, 0.25) is 0 Å². The van der Waals surface area contributed by atoms with Gasteiger partial charge in [-0.1, -0.05) is 36.9 Å². The number of benzene rings is 1. The van der Waals surface area contributed by atoms with Crippen molar-refractivity contribution in [1.29, 1.82) is 0 Å². The van der Waals surface area contributed by atoms with Crippen molar-refractivity contribution in [3.63, 3.8) is 0 Å². The number of carbonyl (C=O) groups excluding carboxylic acids is 2. The largest absolute Gasteiger partial charge is 0.464 e. The lowest BCUT2D eigenvalue weighted by Crippen LogP contribution is -2.52. The van der Waals surface area contributed by atoms with Gasteiger partial charge in [0.15, 0.2) is 5.54 Å². The summed E-state index contributed by atoms with van der Waals surface area (Å²) in [6, 6.07) is 7.28. The van der Waals surface area contributed by atoms with Crippen molar-refractivity contribution in [1.82, 2.24) is 4.90 Å². The minimum atomic E-state index is -1.02. The van der Waals surface area contributed by atoms with Crippen LogP contribution in [0, 0.1) is 0 Å².